The second-order valence-corrected chi connectivity index (χ2v) is 7.64. The molecule has 2 aromatic heterocycles. The van der Waals surface area contributed by atoms with Gasteiger partial charge in [-0.15, -0.1) is 11.3 Å². The lowest BCUT2D eigenvalue weighted by molar-refractivity contribution is 0.700. The summed E-state index contributed by atoms with van der Waals surface area (Å²) in [5.41, 5.74) is 2.27. The van der Waals surface area contributed by atoms with E-state index in [4.69, 9.17) is 0 Å². The van der Waals surface area contributed by atoms with Gasteiger partial charge in [0, 0.05) is 9.35 Å². The van der Waals surface area contributed by atoms with E-state index in [0.29, 0.717) is 5.82 Å². The van der Waals surface area contributed by atoms with Crippen LogP contribution in [0.4, 0.5) is 0 Å². The number of aromatic amines is 1. The van der Waals surface area contributed by atoms with Crippen molar-refractivity contribution in [1.82, 2.24) is 9.97 Å². The third-order valence-corrected chi connectivity index (χ3v) is 6.08. The van der Waals surface area contributed by atoms with Crippen molar-refractivity contribution in [1.29, 1.82) is 0 Å². The number of nitrogens with zero attached hydrogens (tertiary/aromatic N) is 1. The molecule has 2 heterocycles. The number of benzene rings is 1. The minimum absolute atomic E-state index is 0.0128. The molecule has 23 heavy (non-hydrogen) atoms. The van der Waals surface area contributed by atoms with Crippen molar-refractivity contribution < 1.29 is 0 Å². The molecule has 3 aromatic rings. The van der Waals surface area contributed by atoms with Gasteiger partial charge in [0.05, 0.1) is 5.39 Å². The molecule has 1 aliphatic carbocycles. The van der Waals surface area contributed by atoms with E-state index in [1.807, 2.05) is 36.4 Å². The highest BCUT2D eigenvalue weighted by Crippen LogP contribution is 2.33. The summed E-state index contributed by atoms with van der Waals surface area (Å²) < 4.78 is 1.02. The van der Waals surface area contributed by atoms with Crippen molar-refractivity contribution in [3.63, 3.8) is 0 Å². The van der Waals surface area contributed by atoms with E-state index < -0.39 is 0 Å². The predicted octanol–water partition coefficient (Wildman–Crippen LogP) is 4.80. The topological polar surface area (TPSA) is 45.8 Å². The molecule has 0 saturated carbocycles. The van der Waals surface area contributed by atoms with Gasteiger partial charge in [-0.05, 0) is 49.0 Å². The number of nitrogens with one attached hydrogen (secondary N) is 1. The highest BCUT2D eigenvalue weighted by molar-refractivity contribution is 9.10. The fraction of sp³-hybridized carbons (Fsp3) is 0.222. The minimum atomic E-state index is -0.0128. The number of H-pyrrole nitrogens is 1. The van der Waals surface area contributed by atoms with E-state index in [9.17, 15) is 4.79 Å². The van der Waals surface area contributed by atoms with Crippen LogP contribution >= 0.6 is 27.3 Å². The van der Waals surface area contributed by atoms with Gasteiger partial charge in [0.1, 0.15) is 10.7 Å². The highest BCUT2D eigenvalue weighted by Gasteiger charge is 2.19. The second-order valence-electron chi connectivity index (χ2n) is 5.70. The molecule has 0 fully saturated rings. The third kappa shape index (κ3) is 2.79. The maximum Gasteiger partial charge on any atom is 0.260 e. The van der Waals surface area contributed by atoms with E-state index in [0.717, 1.165) is 33.1 Å². The minimum Gasteiger partial charge on any atom is -0.306 e. The Kier molecular flexibility index (Phi) is 3.91. The molecule has 0 saturated heterocycles. The number of hydrogen-bond acceptors (Lipinski definition) is 3. The van der Waals surface area contributed by atoms with E-state index in [2.05, 4.69) is 25.9 Å². The number of fused-ring (bicyclic) bond motifs is 3. The van der Waals surface area contributed by atoms with Crippen LogP contribution in [0.15, 0.2) is 33.5 Å². The summed E-state index contributed by atoms with van der Waals surface area (Å²) in [7, 11) is 0. The molecule has 4 rings (SSSR count). The average molecular weight is 387 g/mol. The molecular formula is C18H15BrN2OS. The monoisotopic (exact) mass is 386 g/mol. The zero-order valence-electron chi connectivity index (χ0n) is 12.4. The van der Waals surface area contributed by atoms with Crippen molar-refractivity contribution in [2.24, 2.45) is 0 Å². The quantitative estimate of drug-likeness (QED) is 0.687. The molecule has 1 aliphatic rings. The lowest BCUT2D eigenvalue weighted by atomic mass is 9.97. The zero-order chi connectivity index (χ0) is 15.8. The first kappa shape index (κ1) is 14.8. The highest BCUT2D eigenvalue weighted by atomic mass is 79.9. The maximum atomic E-state index is 12.5. The number of aromatic nitrogens is 2. The number of halogens is 1. The Morgan fingerprint density at radius 3 is 2.87 bits per heavy atom. The van der Waals surface area contributed by atoms with Crippen LogP contribution in [-0.2, 0) is 12.8 Å². The number of aryl methyl sites for hydroxylation is 2. The van der Waals surface area contributed by atoms with E-state index in [-0.39, 0.29) is 5.56 Å². The van der Waals surface area contributed by atoms with Crippen LogP contribution in [0.5, 0.6) is 0 Å². The van der Waals surface area contributed by atoms with Crippen molar-refractivity contribution in [3.05, 3.63) is 60.9 Å². The van der Waals surface area contributed by atoms with Crippen molar-refractivity contribution in [2.75, 3.05) is 0 Å². The van der Waals surface area contributed by atoms with Crippen molar-refractivity contribution in [2.45, 2.75) is 25.7 Å². The van der Waals surface area contributed by atoms with Gasteiger partial charge in [-0.25, -0.2) is 4.98 Å². The summed E-state index contributed by atoms with van der Waals surface area (Å²) in [6, 6.07) is 7.97. The third-order valence-electron chi connectivity index (χ3n) is 4.17. The summed E-state index contributed by atoms with van der Waals surface area (Å²) in [6.45, 7) is 0. The van der Waals surface area contributed by atoms with Gasteiger partial charge >= 0.3 is 0 Å². The fourth-order valence-corrected chi connectivity index (χ4v) is 4.72. The van der Waals surface area contributed by atoms with E-state index in [1.165, 1.54) is 23.3 Å². The molecule has 5 heteroatoms. The standard InChI is InChI=1S/C18H15BrN2OS/c19-13-7-3-1-5-11(13)9-10-15-20-17(22)16-12-6-2-4-8-14(12)23-18(16)21-15/h1,3,5,7,9-10H,2,4,6,8H2,(H,20,21,22)/b10-9+. The molecule has 1 aromatic carbocycles. The number of thiophene rings is 1. The fourth-order valence-electron chi connectivity index (χ4n) is 3.04. The Morgan fingerprint density at radius 1 is 1.17 bits per heavy atom. The van der Waals surface area contributed by atoms with Crippen LogP contribution in [0, 0.1) is 0 Å². The molecule has 0 atom stereocenters. The molecule has 116 valence electrons. The molecule has 0 aliphatic heterocycles. The molecule has 1 N–H and O–H groups in total. The second kappa shape index (κ2) is 6.06. The molecule has 3 nitrogen and oxygen atoms in total. The van der Waals surface area contributed by atoms with Gasteiger partial charge in [-0.3, -0.25) is 4.79 Å². The van der Waals surface area contributed by atoms with Gasteiger partial charge in [0.2, 0.25) is 0 Å². The molecule has 0 bridgehead atoms. The Bertz CT molecular complexity index is 971. The number of rotatable bonds is 2. The maximum absolute atomic E-state index is 12.5. The van der Waals surface area contributed by atoms with Crippen molar-refractivity contribution in [3.8, 4) is 0 Å². The van der Waals surface area contributed by atoms with Crippen LogP contribution in [0.25, 0.3) is 22.4 Å². The summed E-state index contributed by atoms with van der Waals surface area (Å²) in [5, 5.41) is 0.808. The van der Waals surface area contributed by atoms with Gasteiger partial charge < -0.3 is 4.98 Å². The first-order chi connectivity index (χ1) is 11.2. The van der Waals surface area contributed by atoms with Crippen LogP contribution < -0.4 is 5.56 Å². The summed E-state index contributed by atoms with van der Waals surface area (Å²) >= 11 is 5.20. The summed E-state index contributed by atoms with van der Waals surface area (Å²) in [4.78, 5) is 22.3. The van der Waals surface area contributed by atoms with Crippen LogP contribution in [0.1, 0.15) is 34.7 Å². The van der Waals surface area contributed by atoms with Gasteiger partial charge in [0.25, 0.3) is 5.56 Å². The largest absolute Gasteiger partial charge is 0.306 e. The lowest BCUT2D eigenvalue weighted by Gasteiger charge is -2.09. The summed E-state index contributed by atoms with van der Waals surface area (Å²) in [5.74, 6) is 0.608. The Balaban J connectivity index is 1.77. The average Bonchev–Trinajstić information content (AvgIpc) is 2.93. The van der Waals surface area contributed by atoms with Crippen molar-refractivity contribution >= 4 is 49.6 Å². The smallest absolute Gasteiger partial charge is 0.260 e. The Hall–Kier alpha value is -1.72. The molecule has 0 amide bonds. The molecule has 0 unspecified atom stereocenters. The SMILES string of the molecule is O=c1[nH]c(/C=C/c2ccccc2Br)nc2sc3c(c12)CCCC3. The number of hydrogen-bond donors (Lipinski definition) is 1. The molecule has 0 spiro atoms. The lowest BCUT2D eigenvalue weighted by Crippen LogP contribution is -2.11. The zero-order valence-corrected chi connectivity index (χ0v) is 14.8. The molecular weight excluding hydrogens is 372 g/mol. The first-order valence-corrected chi connectivity index (χ1v) is 9.30. The van der Waals surface area contributed by atoms with Crippen LogP contribution in [0.3, 0.4) is 0 Å². The van der Waals surface area contributed by atoms with Gasteiger partial charge in [0.15, 0.2) is 0 Å². The van der Waals surface area contributed by atoms with Crippen LogP contribution in [0.2, 0.25) is 0 Å². The summed E-state index contributed by atoms with van der Waals surface area (Å²) in [6.07, 6.45) is 8.29. The molecule has 0 radical (unpaired) electrons. The Morgan fingerprint density at radius 2 is 2.00 bits per heavy atom. The van der Waals surface area contributed by atoms with Crippen LogP contribution in [-0.4, -0.2) is 9.97 Å². The first-order valence-electron chi connectivity index (χ1n) is 7.69. The van der Waals surface area contributed by atoms with Gasteiger partial charge in [-0.2, -0.15) is 0 Å². The van der Waals surface area contributed by atoms with E-state index in [1.54, 1.807) is 11.3 Å². The van der Waals surface area contributed by atoms with Gasteiger partial charge in [-0.1, -0.05) is 40.2 Å². The van der Waals surface area contributed by atoms with E-state index >= 15 is 0 Å². The Labute approximate surface area is 146 Å². The normalized spacial score (nSPS) is 14.5. The predicted molar refractivity (Wildman–Crippen MR) is 100.0 cm³/mol.